The van der Waals surface area contributed by atoms with Crippen molar-refractivity contribution in [2.75, 3.05) is 37.1 Å². The molecular weight excluding hydrogens is 407 g/mol. The summed E-state index contributed by atoms with van der Waals surface area (Å²) in [6.45, 7) is 5.09. The third-order valence-electron chi connectivity index (χ3n) is 3.72. The van der Waals surface area contributed by atoms with Gasteiger partial charge in [-0.2, -0.15) is 11.8 Å². The van der Waals surface area contributed by atoms with Gasteiger partial charge in [0.2, 0.25) is 4.71 Å². The summed E-state index contributed by atoms with van der Waals surface area (Å²) < 4.78 is 30.1. The summed E-state index contributed by atoms with van der Waals surface area (Å²) in [6.07, 6.45) is 0.592. The monoisotopic (exact) mass is 430 g/mol. The van der Waals surface area contributed by atoms with Crippen LogP contribution in [0.25, 0.3) is 11.0 Å². The molecule has 0 radical (unpaired) electrons. The summed E-state index contributed by atoms with van der Waals surface area (Å²) in [6, 6.07) is 5.25. The highest BCUT2D eigenvalue weighted by molar-refractivity contribution is 8.14. The number of benzene rings is 1. The van der Waals surface area contributed by atoms with Gasteiger partial charge in [-0.25, -0.2) is 4.39 Å². The number of ether oxygens (including phenoxy) is 2. The zero-order valence-corrected chi connectivity index (χ0v) is 17.9. The number of halogens is 1. The average molecular weight is 431 g/mol. The lowest BCUT2D eigenvalue weighted by molar-refractivity contribution is -0.110. The Hall–Kier alpha value is -1.09. The van der Waals surface area contributed by atoms with Crippen LogP contribution < -0.4 is 4.74 Å². The van der Waals surface area contributed by atoms with Crippen molar-refractivity contribution < 1.29 is 23.1 Å². The normalized spacial score (nSPS) is 11.1. The second kappa shape index (κ2) is 11.7. The van der Waals surface area contributed by atoms with E-state index in [1.54, 1.807) is 36.9 Å². The molecule has 4 nitrogen and oxygen atoms in total. The summed E-state index contributed by atoms with van der Waals surface area (Å²) >= 11 is 8.05. The van der Waals surface area contributed by atoms with Crippen molar-refractivity contribution in [3.8, 4) is 5.75 Å². The number of carbonyl (C=O) groups is 1. The first-order valence-electron chi connectivity index (χ1n) is 8.69. The topological polar surface area (TPSA) is 48.7 Å². The number of thioether (sulfide) groups is 2. The van der Waals surface area contributed by atoms with Crippen molar-refractivity contribution in [2.45, 2.75) is 20.3 Å². The molecule has 0 N–H and O–H groups in total. The molecule has 0 atom stereocenters. The first kappa shape index (κ1) is 22.2. The Kier molecular flexibility index (Phi) is 9.61. The van der Waals surface area contributed by atoms with Gasteiger partial charge in [0.25, 0.3) is 0 Å². The fourth-order valence-electron chi connectivity index (χ4n) is 2.26. The van der Waals surface area contributed by atoms with Crippen LogP contribution in [0.4, 0.5) is 4.39 Å². The van der Waals surface area contributed by atoms with Crippen molar-refractivity contribution in [3.05, 3.63) is 34.3 Å². The lowest BCUT2D eigenvalue weighted by Crippen LogP contribution is -2.08. The van der Waals surface area contributed by atoms with Crippen LogP contribution in [-0.4, -0.2) is 42.2 Å². The predicted octanol–water partition coefficient (Wildman–Crippen LogP) is 5.41. The van der Waals surface area contributed by atoms with Crippen molar-refractivity contribution in [1.29, 1.82) is 0 Å². The van der Waals surface area contributed by atoms with Crippen LogP contribution >= 0.6 is 35.7 Å². The van der Waals surface area contributed by atoms with Crippen LogP contribution in [0.2, 0.25) is 0 Å². The average Bonchev–Trinajstić information content (AvgIpc) is 2.67. The van der Waals surface area contributed by atoms with Gasteiger partial charge in [-0.3, -0.25) is 4.79 Å². The largest absolute Gasteiger partial charge is 0.491 e. The molecule has 0 aliphatic carbocycles. The summed E-state index contributed by atoms with van der Waals surface area (Å²) in [5.74, 6) is 2.82. The Morgan fingerprint density at radius 3 is 2.81 bits per heavy atom. The zero-order valence-electron chi connectivity index (χ0n) is 15.4. The Morgan fingerprint density at radius 1 is 1.22 bits per heavy atom. The van der Waals surface area contributed by atoms with Crippen molar-refractivity contribution in [1.82, 2.24) is 0 Å². The quantitative estimate of drug-likeness (QED) is 0.349. The second-order valence-corrected chi connectivity index (χ2v) is 8.38. The van der Waals surface area contributed by atoms with Crippen molar-refractivity contribution >= 4 is 51.8 Å². The molecule has 1 heterocycles. The maximum Gasteiger partial charge on any atom is 0.226 e. The molecule has 1 aromatic carbocycles. The summed E-state index contributed by atoms with van der Waals surface area (Å²) in [5.41, 5.74) is 0.985. The van der Waals surface area contributed by atoms with E-state index in [9.17, 15) is 9.18 Å². The second-order valence-electron chi connectivity index (χ2n) is 5.63. The minimum absolute atomic E-state index is 0.143. The van der Waals surface area contributed by atoms with Gasteiger partial charge in [-0.1, -0.05) is 18.7 Å². The Morgan fingerprint density at radius 2 is 2.04 bits per heavy atom. The molecule has 0 aliphatic heterocycles. The minimum Gasteiger partial charge on any atom is -0.491 e. The van der Waals surface area contributed by atoms with E-state index in [1.807, 2.05) is 6.92 Å². The maximum atomic E-state index is 13.8. The van der Waals surface area contributed by atoms with Gasteiger partial charge in [0.15, 0.2) is 10.9 Å². The zero-order chi connectivity index (χ0) is 19.6. The van der Waals surface area contributed by atoms with Crippen LogP contribution in [0.5, 0.6) is 5.75 Å². The molecule has 0 fully saturated rings. The van der Waals surface area contributed by atoms with Gasteiger partial charge in [0.05, 0.1) is 13.2 Å². The van der Waals surface area contributed by atoms with Crippen LogP contribution in [0, 0.1) is 17.4 Å². The van der Waals surface area contributed by atoms with E-state index in [1.165, 1.54) is 11.8 Å². The number of carbonyl (C=O) groups excluding carboxylic acids is 1. The van der Waals surface area contributed by atoms with E-state index >= 15 is 0 Å². The Labute approximate surface area is 172 Å². The van der Waals surface area contributed by atoms with E-state index in [4.69, 9.17) is 26.1 Å². The summed E-state index contributed by atoms with van der Waals surface area (Å²) in [5, 5.41) is 0.926. The molecule has 2 aromatic rings. The summed E-state index contributed by atoms with van der Waals surface area (Å²) in [7, 11) is 0. The molecule has 0 unspecified atom stereocenters. The van der Waals surface area contributed by atoms with E-state index < -0.39 is 5.82 Å². The Balaban J connectivity index is 1.64. The lowest BCUT2D eigenvalue weighted by atomic mass is 10.1. The maximum absolute atomic E-state index is 13.8. The molecule has 0 aliphatic rings. The fourth-order valence-corrected chi connectivity index (χ4v) is 4.18. The van der Waals surface area contributed by atoms with Crippen LogP contribution in [-0.2, 0) is 9.53 Å². The number of aryl methyl sites for hydroxylation is 1. The Bertz CT molecular complexity index is 822. The van der Waals surface area contributed by atoms with Crippen molar-refractivity contribution in [3.63, 3.8) is 0 Å². The molecule has 27 heavy (non-hydrogen) atoms. The number of rotatable bonds is 11. The van der Waals surface area contributed by atoms with Crippen LogP contribution in [0.1, 0.15) is 18.9 Å². The van der Waals surface area contributed by atoms with Gasteiger partial charge in [-0.05, 0) is 31.3 Å². The number of hydrogen-bond donors (Lipinski definition) is 0. The van der Waals surface area contributed by atoms with E-state index in [-0.39, 0.29) is 9.82 Å². The van der Waals surface area contributed by atoms with E-state index in [0.29, 0.717) is 48.5 Å². The molecule has 1 aromatic heterocycles. The van der Waals surface area contributed by atoms with Gasteiger partial charge in [0.1, 0.15) is 17.9 Å². The summed E-state index contributed by atoms with van der Waals surface area (Å²) in [4.78, 5) is 11.1. The van der Waals surface area contributed by atoms with Gasteiger partial charge < -0.3 is 13.9 Å². The molecular formula is C19H23FO4S3. The highest BCUT2D eigenvalue weighted by Gasteiger charge is 2.09. The fraction of sp³-hybridized carbons (Fsp3) is 0.474. The highest BCUT2D eigenvalue weighted by Crippen LogP contribution is 2.26. The third-order valence-corrected chi connectivity index (χ3v) is 6.20. The van der Waals surface area contributed by atoms with Gasteiger partial charge in [0, 0.05) is 40.7 Å². The van der Waals surface area contributed by atoms with Gasteiger partial charge in [-0.15, -0.1) is 0 Å². The first-order chi connectivity index (χ1) is 13.0. The molecule has 148 valence electrons. The third kappa shape index (κ3) is 7.10. The molecule has 0 bridgehead atoms. The van der Waals surface area contributed by atoms with Gasteiger partial charge >= 0.3 is 0 Å². The highest BCUT2D eigenvalue weighted by atomic mass is 32.2. The molecule has 0 spiro atoms. The SMILES string of the molecule is CCC(=O)SCCSCCOCCOc1ccc2c(C)c(F)c(=S)oc2c1. The number of fused-ring (bicyclic) bond motifs is 1. The van der Waals surface area contributed by atoms with E-state index in [0.717, 1.165) is 17.3 Å². The first-order valence-corrected chi connectivity index (χ1v) is 11.2. The molecule has 8 heteroatoms. The molecule has 0 saturated carbocycles. The standard InChI is InChI=1S/C19H23FO4S3/c1-3-17(21)27-11-10-26-9-8-22-6-7-23-14-4-5-15-13(2)18(20)19(25)24-16(15)12-14/h4-5,12H,3,6-11H2,1-2H3. The molecule has 0 saturated heterocycles. The minimum atomic E-state index is -0.493. The molecule has 0 amide bonds. The van der Waals surface area contributed by atoms with Crippen molar-refractivity contribution in [2.24, 2.45) is 0 Å². The smallest absolute Gasteiger partial charge is 0.226 e. The van der Waals surface area contributed by atoms with E-state index in [2.05, 4.69) is 0 Å². The number of hydrogen-bond acceptors (Lipinski definition) is 7. The van der Waals surface area contributed by atoms with Crippen LogP contribution in [0.3, 0.4) is 0 Å². The van der Waals surface area contributed by atoms with Crippen LogP contribution in [0.15, 0.2) is 22.6 Å². The predicted molar refractivity (Wildman–Crippen MR) is 113 cm³/mol. The molecule has 2 rings (SSSR count). The lowest BCUT2D eigenvalue weighted by Gasteiger charge is -2.09.